The lowest BCUT2D eigenvalue weighted by molar-refractivity contribution is 0.191. The van der Waals surface area contributed by atoms with Crippen molar-refractivity contribution < 1.29 is 5.11 Å². The van der Waals surface area contributed by atoms with Crippen LogP contribution in [-0.4, -0.2) is 11.7 Å². The summed E-state index contributed by atoms with van der Waals surface area (Å²) in [6, 6.07) is 11.1. The molecule has 2 N–H and O–H groups in total. The molecule has 2 aromatic rings. The van der Waals surface area contributed by atoms with Crippen LogP contribution >= 0.6 is 23.2 Å². The van der Waals surface area contributed by atoms with Gasteiger partial charge in [0.2, 0.25) is 0 Å². The first-order valence-corrected chi connectivity index (χ1v) is 7.17. The Bertz CT molecular complexity index is 613. The van der Waals surface area contributed by atoms with Gasteiger partial charge in [-0.1, -0.05) is 35.3 Å². The molecule has 4 heteroatoms. The molecule has 0 aliphatic carbocycles. The number of aliphatic hydroxyl groups is 1. The molecule has 0 aliphatic rings. The van der Waals surface area contributed by atoms with Crippen molar-refractivity contribution in [2.24, 2.45) is 0 Å². The molecule has 0 amide bonds. The lowest BCUT2D eigenvalue weighted by Crippen LogP contribution is -2.13. The normalized spacial score (nSPS) is 12.2. The highest BCUT2D eigenvalue weighted by Crippen LogP contribution is 2.27. The summed E-state index contributed by atoms with van der Waals surface area (Å²) in [5.41, 5.74) is 4.04. The van der Waals surface area contributed by atoms with E-state index >= 15 is 0 Å². The number of aryl methyl sites for hydroxylation is 1. The lowest BCUT2D eigenvalue weighted by Gasteiger charge is -2.16. The van der Waals surface area contributed by atoms with Crippen LogP contribution in [0.15, 0.2) is 36.4 Å². The molecule has 2 aromatic carbocycles. The van der Waals surface area contributed by atoms with Gasteiger partial charge in [0.1, 0.15) is 0 Å². The summed E-state index contributed by atoms with van der Waals surface area (Å²) in [6.07, 6.45) is -0.707. The van der Waals surface area contributed by atoms with Crippen LogP contribution in [0.3, 0.4) is 0 Å². The van der Waals surface area contributed by atoms with Crippen molar-refractivity contribution in [2.75, 3.05) is 11.9 Å². The van der Waals surface area contributed by atoms with Gasteiger partial charge in [-0.05, 0) is 49.2 Å². The Morgan fingerprint density at radius 3 is 2.65 bits per heavy atom. The highest BCUT2D eigenvalue weighted by molar-refractivity contribution is 6.33. The molecule has 0 aliphatic heterocycles. The summed E-state index contributed by atoms with van der Waals surface area (Å²) in [6.45, 7) is 4.49. The van der Waals surface area contributed by atoms with Crippen molar-refractivity contribution in [1.29, 1.82) is 0 Å². The fourth-order valence-corrected chi connectivity index (χ4v) is 2.45. The van der Waals surface area contributed by atoms with Crippen LogP contribution in [0, 0.1) is 13.8 Å². The summed E-state index contributed by atoms with van der Waals surface area (Å²) in [7, 11) is 0. The van der Waals surface area contributed by atoms with Crippen molar-refractivity contribution in [3.05, 3.63) is 63.1 Å². The first-order chi connectivity index (χ1) is 9.49. The number of benzene rings is 2. The van der Waals surface area contributed by atoms with Gasteiger partial charge in [-0.25, -0.2) is 0 Å². The Morgan fingerprint density at radius 2 is 1.90 bits per heavy atom. The number of hydrogen-bond acceptors (Lipinski definition) is 2. The quantitative estimate of drug-likeness (QED) is 0.853. The highest BCUT2D eigenvalue weighted by Gasteiger charge is 2.12. The van der Waals surface area contributed by atoms with Gasteiger partial charge in [0.25, 0.3) is 0 Å². The second-order valence-electron chi connectivity index (χ2n) is 4.81. The Labute approximate surface area is 129 Å². The Balaban J connectivity index is 2.10. The van der Waals surface area contributed by atoms with E-state index in [-0.39, 0.29) is 0 Å². The third-order valence-corrected chi connectivity index (χ3v) is 3.99. The molecule has 0 saturated heterocycles. The molecular formula is C16H17Cl2NO. The van der Waals surface area contributed by atoms with Gasteiger partial charge >= 0.3 is 0 Å². The van der Waals surface area contributed by atoms with Gasteiger partial charge in [0.15, 0.2) is 0 Å². The first kappa shape index (κ1) is 15.2. The molecule has 1 unspecified atom stereocenters. The maximum absolute atomic E-state index is 10.2. The van der Waals surface area contributed by atoms with Crippen molar-refractivity contribution in [2.45, 2.75) is 20.0 Å². The van der Waals surface area contributed by atoms with Gasteiger partial charge in [0, 0.05) is 27.8 Å². The van der Waals surface area contributed by atoms with E-state index in [2.05, 4.69) is 25.2 Å². The zero-order valence-corrected chi connectivity index (χ0v) is 13.0. The zero-order chi connectivity index (χ0) is 14.7. The van der Waals surface area contributed by atoms with E-state index in [0.717, 1.165) is 5.69 Å². The smallest absolute Gasteiger partial charge is 0.0977 e. The Morgan fingerprint density at radius 1 is 1.15 bits per heavy atom. The lowest BCUT2D eigenvalue weighted by atomic mass is 10.1. The molecule has 0 bridgehead atoms. The van der Waals surface area contributed by atoms with E-state index in [9.17, 15) is 5.11 Å². The van der Waals surface area contributed by atoms with E-state index < -0.39 is 6.10 Å². The predicted octanol–water partition coefficient (Wildman–Crippen LogP) is 4.76. The van der Waals surface area contributed by atoms with Gasteiger partial charge < -0.3 is 10.4 Å². The molecule has 0 aromatic heterocycles. The van der Waals surface area contributed by atoms with Gasteiger partial charge in [-0.2, -0.15) is 0 Å². The van der Waals surface area contributed by atoms with Crippen LogP contribution in [0.4, 0.5) is 5.69 Å². The second kappa shape index (κ2) is 6.49. The molecule has 20 heavy (non-hydrogen) atoms. The summed E-state index contributed by atoms with van der Waals surface area (Å²) in [5.74, 6) is 0. The van der Waals surface area contributed by atoms with Gasteiger partial charge in [-0.3, -0.25) is 0 Å². The molecular weight excluding hydrogens is 293 g/mol. The predicted molar refractivity (Wildman–Crippen MR) is 85.8 cm³/mol. The van der Waals surface area contributed by atoms with Gasteiger partial charge in [-0.15, -0.1) is 0 Å². The van der Waals surface area contributed by atoms with E-state index in [0.29, 0.717) is 22.2 Å². The summed E-state index contributed by atoms with van der Waals surface area (Å²) in [4.78, 5) is 0. The van der Waals surface area contributed by atoms with Crippen LogP contribution in [0.2, 0.25) is 10.0 Å². The molecule has 1 atom stereocenters. The molecule has 0 heterocycles. The zero-order valence-electron chi connectivity index (χ0n) is 11.5. The summed E-state index contributed by atoms with van der Waals surface area (Å²) >= 11 is 12.0. The van der Waals surface area contributed by atoms with Gasteiger partial charge in [0.05, 0.1) is 6.10 Å². The van der Waals surface area contributed by atoms with Crippen LogP contribution in [-0.2, 0) is 0 Å². The fraction of sp³-hybridized carbons (Fsp3) is 0.250. The molecule has 2 nitrogen and oxygen atoms in total. The number of aliphatic hydroxyl groups excluding tert-OH is 1. The van der Waals surface area contributed by atoms with E-state index in [1.807, 2.05) is 12.1 Å². The van der Waals surface area contributed by atoms with E-state index in [1.54, 1.807) is 18.2 Å². The van der Waals surface area contributed by atoms with Crippen molar-refractivity contribution >= 4 is 28.9 Å². The third kappa shape index (κ3) is 3.45. The summed E-state index contributed by atoms with van der Waals surface area (Å²) in [5, 5.41) is 14.6. The monoisotopic (exact) mass is 309 g/mol. The Hall–Kier alpha value is -1.22. The van der Waals surface area contributed by atoms with Crippen LogP contribution < -0.4 is 5.32 Å². The number of halogens is 2. The maximum atomic E-state index is 10.2. The SMILES string of the molecule is Cc1cccc(NCC(O)c2cc(Cl)ccc2Cl)c1C. The molecule has 0 saturated carbocycles. The maximum Gasteiger partial charge on any atom is 0.0977 e. The van der Waals surface area contributed by atoms with Crippen LogP contribution in [0.5, 0.6) is 0 Å². The van der Waals surface area contributed by atoms with Crippen molar-refractivity contribution in [1.82, 2.24) is 0 Å². The second-order valence-corrected chi connectivity index (χ2v) is 5.65. The Kier molecular flexibility index (Phi) is 4.92. The largest absolute Gasteiger partial charge is 0.387 e. The average molecular weight is 310 g/mol. The highest BCUT2D eigenvalue weighted by atomic mass is 35.5. The molecule has 0 fully saturated rings. The minimum absolute atomic E-state index is 0.379. The number of rotatable bonds is 4. The van der Waals surface area contributed by atoms with Crippen molar-refractivity contribution in [3.8, 4) is 0 Å². The van der Waals surface area contributed by atoms with Crippen LogP contribution in [0.1, 0.15) is 22.8 Å². The molecule has 106 valence electrons. The number of anilines is 1. The minimum atomic E-state index is -0.707. The average Bonchev–Trinajstić information content (AvgIpc) is 2.43. The standard InChI is InChI=1S/C16H17Cl2NO/c1-10-4-3-5-15(11(10)2)19-9-16(20)13-8-12(17)6-7-14(13)18/h3-8,16,19-20H,9H2,1-2H3. The van der Waals surface area contributed by atoms with Crippen molar-refractivity contribution in [3.63, 3.8) is 0 Å². The molecule has 2 rings (SSSR count). The van der Waals surface area contributed by atoms with E-state index in [1.165, 1.54) is 11.1 Å². The first-order valence-electron chi connectivity index (χ1n) is 6.42. The van der Waals surface area contributed by atoms with Crippen LogP contribution in [0.25, 0.3) is 0 Å². The fourth-order valence-electron chi connectivity index (χ4n) is 2.03. The molecule has 0 radical (unpaired) electrons. The minimum Gasteiger partial charge on any atom is -0.387 e. The molecule has 0 spiro atoms. The van der Waals surface area contributed by atoms with E-state index in [4.69, 9.17) is 23.2 Å². The summed E-state index contributed by atoms with van der Waals surface area (Å²) < 4.78 is 0. The number of nitrogens with one attached hydrogen (secondary N) is 1. The third-order valence-electron chi connectivity index (χ3n) is 3.41. The topological polar surface area (TPSA) is 32.3 Å². The number of hydrogen-bond donors (Lipinski definition) is 2.